The summed E-state index contributed by atoms with van der Waals surface area (Å²) in [4.78, 5) is 24.4. The average Bonchev–Trinajstić information content (AvgIpc) is 3.02. The molecule has 1 aromatic rings. The molecule has 43 heavy (non-hydrogen) atoms. The Labute approximate surface area is 265 Å². The minimum absolute atomic E-state index is 0.0646. The van der Waals surface area contributed by atoms with E-state index >= 15 is 0 Å². The second-order valence-corrected chi connectivity index (χ2v) is 12.1. The van der Waals surface area contributed by atoms with Crippen molar-refractivity contribution in [1.29, 1.82) is 0 Å². The minimum atomic E-state index is -0.0646. The zero-order chi connectivity index (χ0) is 31.1. The molecule has 0 radical (unpaired) electrons. The molecular formula is C39H65NO3. The van der Waals surface area contributed by atoms with Crippen molar-refractivity contribution in [3.63, 3.8) is 0 Å². The van der Waals surface area contributed by atoms with Crippen LogP contribution in [0.3, 0.4) is 0 Å². The highest BCUT2D eigenvalue weighted by Crippen LogP contribution is 2.13. The maximum Gasteiger partial charge on any atom is 0.306 e. The van der Waals surface area contributed by atoms with Crippen LogP contribution < -0.4 is 5.32 Å². The maximum atomic E-state index is 12.6. The number of carbonyl (C=O) groups is 2. The number of rotatable bonds is 30. The molecule has 0 aliphatic rings. The molecule has 0 heterocycles. The summed E-state index contributed by atoms with van der Waals surface area (Å²) in [6.45, 7) is 7.03. The second-order valence-electron chi connectivity index (χ2n) is 12.1. The molecule has 0 saturated heterocycles. The summed E-state index contributed by atoms with van der Waals surface area (Å²) < 4.78 is 5.29. The molecule has 0 aliphatic heterocycles. The molecule has 0 unspecified atom stereocenters. The zero-order valence-corrected chi connectivity index (χ0v) is 28.0. The van der Waals surface area contributed by atoms with Crippen LogP contribution in [0.4, 0.5) is 0 Å². The fraction of sp³-hybridized carbons (Fsp3) is 0.692. The molecule has 0 fully saturated rings. The number of esters is 1. The van der Waals surface area contributed by atoms with Crippen LogP contribution in [0.5, 0.6) is 0 Å². The highest BCUT2D eigenvalue weighted by molar-refractivity contribution is 5.96. The van der Waals surface area contributed by atoms with Crippen molar-refractivity contribution >= 4 is 11.8 Å². The van der Waals surface area contributed by atoms with Crippen molar-refractivity contribution in [1.82, 2.24) is 5.32 Å². The Kier molecular flexibility index (Phi) is 27.0. The van der Waals surface area contributed by atoms with E-state index < -0.39 is 0 Å². The third kappa shape index (κ3) is 24.9. The molecule has 0 atom stereocenters. The number of carbonyl (C=O) groups excluding carboxylic acids is 2. The van der Waals surface area contributed by atoms with Crippen molar-refractivity contribution in [3.05, 3.63) is 59.7 Å². The van der Waals surface area contributed by atoms with Crippen LogP contribution >= 0.6 is 0 Å². The largest absolute Gasteiger partial charge is 0.461 e. The molecule has 0 amide bonds. The number of allylic oxidation sites excluding steroid dienone is 3. The summed E-state index contributed by atoms with van der Waals surface area (Å²) in [5.74, 6) is 0.196. The predicted octanol–water partition coefficient (Wildman–Crippen LogP) is 10.9. The molecule has 0 saturated carbocycles. The van der Waals surface area contributed by atoms with Gasteiger partial charge in [-0.3, -0.25) is 9.59 Å². The number of unbranched alkanes of at least 4 members (excludes halogenated alkanes) is 14. The fourth-order valence-corrected chi connectivity index (χ4v) is 5.20. The Balaban J connectivity index is 1.94. The van der Waals surface area contributed by atoms with Gasteiger partial charge in [-0.15, -0.1) is 0 Å². The summed E-state index contributed by atoms with van der Waals surface area (Å²) in [6.07, 6.45) is 33.3. The first-order valence-electron chi connectivity index (χ1n) is 18.0. The summed E-state index contributed by atoms with van der Waals surface area (Å²) in [5, 5.41) is 3.58. The Hall–Kier alpha value is -2.20. The molecule has 4 heteroatoms. The van der Waals surface area contributed by atoms with E-state index in [9.17, 15) is 9.59 Å². The lowest BCUT2D eigenvalue weighted by Gasteiger charge is -2.07. The standard InChI is InChI=1S/C39H65NO3/c1-3-5-7-9-11-12-15-21-30-38(41)37-29-26-28-36(35-37)27-20-19-24-33-40-32-23-17-14-16-22-31-39(42)43-34-25-18-13-10-8-6-4-2/h12,15,18,25-26,28-29,35,40H,3-11,13-14,16-17,19-24,27,30-34H2,1-2H3/b15-12-,25-18-. The SMILES string of the molecule is CCCCCC/C=C\CCC(=O)c1cccc(CCCCCNCCCCCCCC(=O)OC/C=C\CCCCCC)c1. The highest BCUT2D eigenvalue weighted by Gasteiger charge is 2.06. The van der Waals surface area contributed by atoms with E-state index in [4.69, 9.17) is 4.74 Å². The molecule has 1 rings (SSSR count). The van der Waals surface area contributed by atoms with Gasteiger partial charge < -0.3 is 10.1 Å². The van der Waals surface area contributed by atoms with Crippen molar-refractivity contribution in [2.24, 2.45) is 0 Å². The molecule has 0 aliphatic carbocycles. The van der Waals surface area contributed by atoms with Gasteiger partial charge in [0, 0.05) is 18.4 Å². The Morgan fingerprint density at radius 2 is 1.26 bits per heavy atom. The Morgan fingerprint density at radius 1 is 0.651 bits per heavy atom. The van der Waals surface area contributed by atoms with Crippen molar-refractivity contribution < 1.29 is 14.3 Å². The smallest absolute Gasteiger partial charge is 0.306 e. The monoisotopic (exact) mass is 595 g/mol. The van der Waals surface area contributed by atoms with Crippen LogP contribution in [0.15, 0.2) is 48.6 Å². The van der Waals surface area contributed by atoms with Gasteiger partial charge in [-0.2, -0.15) is 0 Å². The van der Waals surface area contributed by atoms with Gasteiger partial charge in [-0.25, -0.2) is 0 Å². The summed E-state index contributed by atoms with van der Waals surface area (Å²) in [7, 11) is 0. The zero-order valence-electron chi connectivity index (χ0n) is 28.0. The predicted molar refractivity (Wildman–Crippen MR) is 185 cm³/mol. The van der Waals surface area contributed by atoms with E-state index in [1.165, 1.54) is 89.0 Å². The number of ether oxygens (including phenoxy) is 1. The van der Waals surface area contributed by atoms with E-state index in [0.29, 0.717) is 19.4 Å². The third-order valence-electron chi connectivity index (χ3n) is 7.96. The lowest BCUT2D eigenvalue weighted by atomic mass is 10.0. The van der Waals surface area contributed by atoms with Crippen molar-refractivity contribution in [2.75, 3.05) is 19.7 Å². The molecule has 244 valence electrons. The van der Waals surface area contributed by atoms with E-state index in [1.54, 1.807) is 0 Å². The van der Waals surface area contributed by atoms with Gasteiger partial charge in [0.25, 0.3) is 0 Å². The average molecular weight is 596 g/mol. The summed E-state index contributed by atoms with van der Waals surface area (Å²) >= 11 is 0. The van der Waals surface area contributed by atoms with Gasteiger partial charge >= 0.3 is 5.97 Å². The lowest BCUT2D eigenvalue weighted by Crippen LogP contribution is -2.16. The normalized spacial score (nSPS) is 11.6. The summed E-state index contributed by atoms with van der Waals surface area (Å²) in [5.41, 5.74) is 2.15. The lowest BCUT2D eigenvalue weighted by molar-refractivity contribution is -0.142. The first-order valence-corrected chi connectivity index (χ1v) is 18.0. The summed E-state index contributed by atoms with van der Waals surface area (Å²) in [6, 6.07) is 8.26. The van der Waals surface area contributed by atoms with Gasteiger partial charge in [-0.05, 0) is 88.9 Å². The number of nitrogens with one attached hydrogen (secondary N) is 1. The topological polar surface area (TPSA) is 55.4 Å². The number of hydrogen-bond acceptors (Lipinski definition) is 4. The van der Waals surface area contributed by atoms with Crippen LogP contribution in [0, 0.1) is 0 Å². The van der Waals surface area contributed by atoms with Crippen LogP contribution in [-0.2, 0) is 16.0 Å². The number of ketones is 1. The van der Waals surface area contributed by atoms with E-state index in [2.05, 4.69) is 49.5 Å². The molecule has 4 nitrogen and oxygen atoms in total. The number of hydrogen-bond donors (Lipinski definition) is 1. The van der Waals surface area contributed by atoms with Gasteiger partial charge in [0.15, 0.2) is 5.78 Å². The first-order chi connectivity index (χ1) is 21.2. The quantitative estimate of drug-likeness (QED) is 0.0416. The highest BCUT2D eigenvalue weighted by atomic mass is 16.5. The maximum absolute atomic E-state index is 12.6. The second kappa shape index (κ2) is 29.9. The molecule has 0 aromatic heterocycles. The number of Topliss-reactive ketones (excluding diaryl/α,β-unsaturated/α-hetero) is 1. The van der Waals surface area contributed by atoms with Gasteiger partial charge in [-0.1, -0.05) is 121 Å². The number of aryl methyl sites for hydroxylation is 1. The molecule has 1 aromatic carbocycles. The fourth-order valence-electron chi connectivity index (χ4n) is 5.20. The van der Waals surface area contributed by atoms with Crippen LogP contribution in [-0.4, -0.2) is 31.4 Å². The first kappa shape index (κ1) is 38.8. The minimum Gasteiger partial charge on any atom is -0.461 e. The van der Waals surface area contributed by atoms with Crippen LogP contribution in [0.25, 0.3) is 0 Å². The van der Waals surface area contributed by atoms with Gasteiger partial charge in [0.2, 0.25) is 0 Å². The molecule has 1 N–H and O–H groups in total. The molecule has 0 spiro atoms. The van der Waals surface area contributed by atoms with Crippen molar-refractivity contribution in [3.8, 4) is 0 Å². The third-order valence-corrected chi connectivity index (χ3v) is 7.96. The van der Waals surface area contributed by atoms with Gasteiger partial charge in [0.1, 0.15) is 6.61 Å². The van der Waals surface area contributed by atoms with Crippen LogP contribution in [0.1, 0.15) is 165 Å². The molecular weight excluding hydrogens is 530 g/mol. The molecule has 0 bridgehead atoms. The van der Waals surface area contributed by atoms with E-state index in [-0.39, 0.29) is 11.8 Å². The number of benzene rings is 1. The van der Waals surface area contributed by atoms with Crippen LogP contribution in [0.2, 0.25) is 0 Å². The van der Waals surface area contributed by atoms with E-state index in [0.717, 1.165) is 63.6 Å². The van der Waals surface area contributed by atoms with E-state index in [1.807, 2.05) is 18.2 Å². The Morgan fingerprint density at radius 3 is 1.98 bits per heavy atom. The van der Waals surface area contributed by atoms with Crippen molar-refractivity contribution in [2.45, 2.75) is 155 Å². The van der Waals surface area contributed by atoms with Gasteiger partial charge in [0.05, 0.1) is 0 Å². The Bertz CT molecular complexity index is 860.